The molecule has 4 N–H and O–H groups in total. The second kappa shape index (κ2) is 15.4. The molecule has 0 fully saturated rings. The summed E-state index contributed by atoms with van der Waals surface area (Å²) >= 11 is 6.03. The fourth-order valence-electron chi connectivity index (χ4n) is 4.59. The minimum absolute atomic E-state index is 0. The number of rotatable bonds is 9. The first kappa shape index (κ1) is 35.4. The van der Waals surface area contributed by atoms with Gasteiger partial charge in [0.25, 0.3) is 5.91 Å². The van der Waals surface area contributed by atoms with E-state index < -0.39 is 29.5 Å². The van der Waals surface area contributed by atoms with Gasteiger partial charge in [-0.15, -0.1) is 12.4 Å². The van der Waals surface area contributed by atoms with Gasteiger partial charge in [-0.1, -0.05) is 66.2 Å². The number of nitrogens with zero attached hydrogens (tertiary/aromatic N) is 1. The predicted molar refractivity (Wildman–Crippen MR) is 179 cm³/mol. The van der Waals surface area contributed by atoms with Crippen LogP contribution in [0.4, 0.5) is 29.3 Å². The average molecular weight is 704 g/mol. The molecule has 47 heavy (non-hydrogen) atoms. The molecule has 0 bridgehead atoms. The standard InChI is InChI=1S/C33H26ClF3N4O4S.ClH/c34-23-10-15-28-26(17-23)27(18-41(28)30(42)29(38)31(43)45-19-22-4-2-1-3-5-22)40-32(44)39-24-11-6-20(7-12-24)16-21-8-13-25(14-9-21)46-33(35,36)37;/h1-15,17-18,29H,16,19,38H2,(H2,39,40,44);1H. The van der Waals surface area contributed by atoms with Crippen molar-refractivity contribution in [2.24, 2.45) is 5.73 Å². The molecule has 4 aromatic carbocycles. The molecule has 0 aliphatic rings. The van der Waals surface area contributed by atoms with Gasteiger partial charge < -0.3 is 21.1 Å². The normalized spacial score (nSPS) is 11.8. The number of amides is 2. The molecule has 1 unspecified atom stereocenters. The first-order chi connectivity index (χ1) is 21.9. The van der Waals surface area contributed by atoms with E-state index in [2.05, 4.69) is 10.6 Å². The van der Waals surface area contributed by atoms with E-state index in [0.29, 0.717) is 28.0 Å². The van der Waals surface area contributed by atoms with Gasteiger partial charge in [0.15, 0.2) is 6.04 Å². The molecule has 0 spiro atoms. The number of fused-ring (bicyclic) bond motifs is 1. The topological polar surface area (TPSA) is 115 Å². The maximum Gasteiger partial charge on any atom is 0.446 e. The number of anilines is 2. The van der Waals surface area contributed by atoms with Gasteiger partial charge in [-0.3, -0.25) is 9.36 Å². The summed E-state index contributed by atoms with van der Waals surface area (Å²) in [5.41, 5.74) is 5.16. The number of nitrogens with one attached hydrogen (secondary N) is 2. The number of thioether (sulfide) groups is 1. The van der Waals surface area contributed by atoms with Crippen molar-refractivity contribution < 1.29 is 32.3 Å². The number of alkyl halides is 3. The highest BCUT2D eigenvalue weighted by Crippen LogP contribution is 2.37. The van der Waals surface area contributed by atoms with Crippen molar-refractivity contribution in [3.8, 4) is 0 Å². The van der Waals surface area contributed by atoms with E-state index in [9.17, 15) is 27.6 Å². The molecule has 0 saturated carbocycles. The highest BCUT2D eigenvalue weighted by atomic mass is 35.5. The molecule has 8 nitrogen and oxygen atoms in total. The van der Waals surface area contributed by atoms with Crippen molar-refractivity contribution in [1.82, 2.24) is 4.57 Å². The van der Waals surface area contributed by atoms with Gasteiger partial charge in [-0.2, -0.15) is 13.2 Å². The molecule has 244 valence electrons. The third-order valence-electron chi connectivity index (χ3n) is 6.77. The summed E-state index contributed by atoms with van der Waals surface area (Å²) in [5.74, 6) is -1.67. The number of hydrogen-bond donors (Lipinski definition) is 3. The molecule has 0 saturated heterocycles. The fourth-order valence-corrected chi connectivity index (χ4v) is 5.30. The van der Waals surface area contributed by atoms with Gasteiger partial charge in [0.2, 0.25) is 0 Å². The number of aromatic nitrogens is 1. The zero-order valence-electron chi connectivity index (χ0n) is 24.3. The number of halogens is 5. The van der Waals surface area contributed by atoms with E-state index in [0.717, 1.165) is 16.7 Å². The maximum atomic E-state index is 13.3. The molecule has 1 heterocycles. The summed E-state index contributed by atoms with van der Waals surface area (Å²) in [7, 11) is 0. The first-order valence-corrected chi connectivity index (χ1v) is 15.0. The van der Waals surface area contributed by atoms with E-state index in [4.69, 9.17) is 22.1 Å². The van der Waals surface area contributed by atoms with Gasteiger partial charge in [-0.05, 0) is 77.3 Å². The Morgan fingerprint density at radius 3 is 2.15 bits per heavy atom. The second-order valence-electron chi connectivity index (χ2n) is 10.1. The number of carbonyl (C=O) groups is 3. The van der Waals surface area contributed by atoms with Crippen molar-refractivity contribution in [3.63, 3.8) is 0 Å². The van der Waals surface area contributed by atoms with Crippen molar-refractivity contribution in [1.29, 1.82) is 0 Å². The molecule has 0 aliphatic carbocycles. The van der Waals surface area contributed by atoms with Crippen LogP contribution in [-0.2, 0) is 22.6 Å². The minimum atomic E-state index is -4.34. The Morgan fingerprint density at radius 2 is 1.51 bits per heavy atom. The Labute approximate surface area is 282 Å². The Kier molecular flexibility index (Phi) is 11.6. The van der Waals surface area contributed by atoms with Crippen LogP contribution in [-0.4, -0.2) is 34.0 Å². The Hall–Kier alpha value is -4.49. The summed E-state index contributed by atoms with van der Waals surface area (Å²) in [4.78, 5) is 38.9. The number of nitrogens with two attached hydrogens (primary N) is 1. The van der Waals surface area contributed by atoms with Crippen LogP contribution >= 0.6 is 35.8 Å². The number of esters is 1. The SMILES string of the molecule is Cl.NC(C(=O)OCc1ccccc1)C(=O)n1cc(NC(=O)Nc2ccc(Cc3ccc(SC(F)(F)F)cc3)cc2)c2cc(Cl)ccc21. The van der Waals surface area contributed by atoms with Crippen molar-refractivity contribution >= 4 is 76.0 Å². The highest BCUT2D eigenvalue weighted by Gasteiger charge is 2.29. The fraction of sp³-hybridized carbons (Fsp3) is 0.121. The van der Waals surface area contributed by atoms with Gasteiger partial charge >= 0.3 is 17.5 Å². The summed E-state index contributed by atoms with van der Waals surface area (Å²) in [5, 5.41) is 6.22. The molecule has 1 atom stereocenters. The van der Waals surface area contributed by atoms with Crippen molar-refractivity contribution in [2.75, 3.05) is 10.6 Å². The number of carbonyl (C=O) groups excluding carboxylic acids is 3. The van der Waals surface area contributed by atoms with E-state index >= 15 is 0 Å². The monoisotopic (exact) mass is 702 g/mol. The van der Waals surface area contributed by atoms with E-state index in [1.54, 1.807) is 78.9 Å². The van der Waals surface area contributed by atoms with Crippen LogP contribution < -0.4 is 16.4 Å². The largest absolute Gasteiger partial charge is 0.459 e. The van der Waals surface area contributed by atoms with E-state index in [1.807, 2.05) is 6.07 Å². The zero-order valence-corrected chi connectivity index (χ0v) is 26.7. The number of hydrogen-bond acceptors (Lipinski definition) is 6. The lowest BCUT2D eigenvalue weighted by Crippen LogP contribution is -2.42. The molecule has 5 rings (SSSR count). The highest BCUT2D eigenvalue weighted by molar-refractivity contribution is 8.00. The zero-order chi connectivity index (χ0) is 32.8. The average Bonchev–Trinajstić information content (AvgIpc) is 3.37. The van der Waals surface area contributed by atoms with Gasteiger partial charge in [0.1, 0.15) is 6.61 Å². The van der Waals surface area contributed by atoms with Crippen LogP contribution in [0.15, 0.2) is 108 Å². The van der Waals surface area contributed by atoms with Crippen LogP contribution in [0.5, 0.6) is 0 Å². The third kappa shape index (κ3) is 9.52. The lowest BCUT2D eigenvalue weighted by atomic mass is 10.0. The summed E-state index contributed by atoms with van der Waals surface area (Å²) < 4.78 is 44.1. The van der Waals surface area contributed by atoms with Crippen molar-refractivity contribution in [3.05, 3.63) is 125 Å². The maximum absolute atomic E-state index is 13.3. The summed E-state index contributed by atoms with van der Waals surface area (Å²) in [6.45, 7) is -0.0473. The quantitative estimate of drug-likeness (QED) is 0.0809. The Bertz CT molecular complexity index is 1870. The predicted octanol–water partition coefficient (Wildman–Crippen LogP) is 8.27. The molecule has 1 aromatic heterocycles. The first-order valence-electron chi connectivity index (χ1n) is 13.8. The van der Waals surface area contributed by atoms with Crippen LogP contribution in [0.2, 0.25) is 5.02 Å². The van der Waals surface area contributed by atoms with Gasteiger partial charge in [-0.25, -0.2) is 9.59 Å². The molecule has 14 heteroatoms. The van der Waals surface area contributed by atoms with Crippen LogP contribution in [0.3, 0.4) is 0 Å². The van der Waals surface area contributed by atoms with Crippen LogP contribution in [0.1, 0.15) is 21.5 Å². The summed E-state index contributed by atoms with van der Waals surface area (Å²) in [6.07, 6.45) is 1.84. The van der Waals surface area contributed by atoms with E-state index in [1.165, 1.54) is 22.9 Å². The molecule has 2 amide bonds. The molecule has 0 aliphatic heterocycles. The van der Waals surface area contributed by atoms with Gasteiger partial charge in [0, 0.05) is 27.2 Å². The minimum Gasteiger partial charge on any atom is -0.459 e. The molecule has 0 radical (unpaired) electrons. The third-order valence-corrected chi connectivity index (χ3v) is 7.75. The molecule has 5 aromatic rings. The number of urea groups is 1. The molecular weight excluding hydrogens is 676 g/mol. The number of benzene rings is 4. The Balaban J connectivity index is 0.00000500. The Morgan fingerprint density at radius 1 is 0.872 bits per heavy atom. The smallest absolute Gasteiger partial charge is 0.446 e. The lowest BCUT2D eigenvalue weighted by molar-refractivity contribution is -0.145. The summed E-state index contributed by atoms with van der Waals surface area (Å²) in [6, 6.07) is 24.5. The number of ether oxygens (including phenoxy) is 1. The van der Waals surface area contributed by atoms with Gasteiger partial charge in [0.05, 0.1) is 11.2 Å². The van der Waals surface area contributed by atoms with Crippen LogP contribution in [0.25, 0.3) is 10.9 Å². The van der Waals surface area contributed by atoms with Crippen molar-refractivity contribution in [2.45, 2.75) is 29.5 Å². The molecular formula is C33H27Cl2F3N4O4S. The van der Waals surface area contributed by atoms with E-state index in [-0.39, 0.29) is 41.4 Å². The second-order valence-corrected chi connectivity index (χ2v) is 11.7. The lowest BCUT2D eigenvalue weighted by Gasteiger charge is -2.12. The van der Waals surface area contributed by atoms with Crippen LogP contribution in [0, 0.1) is 0 Å².